The summed E-state index contributed by atoms with van der Waals surface area (Å²) >= 11 is 7.49. The van der Waals surface area contributed by atoms with E-state index in [9.17, 15) is 0 Å². The summed E-state index contributed by atoms with van der Waals surface area (Å²) in [5.41, 5.74) is 6.10. The first-order valence-electron chi connectivity index (χ1n) is 11.4. The van der Waals surface area contributed by atoms with E-state index in [0.29, 0.717) is 0 Å². The van der Waals surface area contributed by atoms with Gasteiger partial charge in [0.25, 0.3) is 0 Å². The van der Waals surface area contributed by atoms with Gasteiger partial charge in [-0.1, -0.05) is 108 Å². The Labute approximate surface area is 223 Å². The smallest absolute Gasteiger partial charge is 0.0341 e. The predicted molar refractivity (Wildman–Crippen MR) is 150 cm³/mol. The summed E-state index contributed by atoms with van der Waals surface area (Å²) in [6.45, 7) is 2.19. The highest BCUT2D eigenvalue weighted by Crippen LogP contribution is 2.53. The number of fused-ring (bicyclic) bond motifs is 4. The average molecular weight is 520 g/mol. The maximum Gasteiger partial charge on any atom is 0.0341 e. The van der Waals surface area contributed by atoms with Crippen LogP contribution in [0.2, 0.25) is 0 Å². The van der Waals surface area contributed by atoms with Crippen molar-refractivity contribution in [2.45, 2.75) is 46.1 Å². The van der Waals surface area contributed by atoms with Crippen LogP contribution < -0.4 is 0 Å². The van der Waals surface area contributed by atoms with Crippen molar-refractivity contribution in [3.63, 3.8) is 0 Å². The van der Waals surface area contributed by atoms with Crippen molar-refractivity contribution in [1.82, 2.24) is 0 Å². The Morgan fingerprint density at radius 1 is 0.457 bits per heavy atom. The van der Waals surface area contributed by atoms with Gasteiger partial charge in [0.05, 0.1) is 0 Å². The van der Waals surface area contributed by atoms with Gasteiger partial charge in [0.1, 0.15) is 0 Å². The molecule has 0 nitrogen and oxygen atoms in total. The molecule has 2 aliphatic heterocycles. The number of rotatable bonds is 2. The normalized spacial score (nSPS) is 13.4. The molecule has 167 valence electrons. The standard InChI is InChI=1S/C31H19S4/c1-19-16-20(22-8-6-14-28-30(22)34-26-12-4-2-10-24(26)32-28)18-21(17-19)23-9-7-15-29-31(23)35-27-13-5-3-11-25(27)33-29/h2-17H,1H3. The second-order valence-corrected chi connectivity index (χ2v) is 12.8. The second kappa shape index (κ2) is 8.86. The lowest BCUT2D eigenvalue weighted by Gasteiger charge is -2.22. The third-order valence-corrected chi connectivity index (χ3v) is 11.3. The molecule has 5 aromatic rings. The average Bonchev–Trinajstić information content (AvgIpc) is 2.89. The third kappa shape index (κ3) is 3.93. The van der Waals surface area contributed by atoms with E-state index in [0.717, 1.165) is 11.1 Å². The molecule has 0 unspecified atom stereocenters. The van der Waals surface area contributed by atoms with Crippen molar-refractivity contribution in [3.8, 4) is 22.3 Å². The molecule has 0 spiro atoms. The van der Waals surface area contributed by atoms with Crippen LogP contribution in [0.15, 0.2) is 136 Å². The first-order valence-corrected chi connectivity index (χ1v) is 14.7. The molecule has 35 heavy (non-hydrogen) atoms. The fraction of sp³-hybridized carbons (Fsp3) is 0.0323. The molecule has 2 heterocycles. The van der Waals surface area contributed by atoms with E-state index in [-0.39, 0.29) is 0 Å². The lowest BCUT2D eigenvalue weighted by molar-refractivity contribution is 1.15. The zero-order valence-corrected chi connectivity index (χ0v) is 22.1. The van der Waals surface area contributed by atoms with Crippen LogP contribution in [0.4, 0.5) is 0 Å². The fourth-order valence-corrected chi connectivity index (χ4v) is 9.31. The SMILES string of the molecule is Cc1cc(-c2cccc3c2Sc2ccccc2S3)[c]c(-c2cccc3c2Sc2ccccc2S3)c1. The molecule has 1 radical (unpaired) electrons. The van der Waals surface area contributed by atoms with Crippen molar-refractivity contribution in [1.29, 1.82) is 0 Å². The zero-order chi connectivity index (χ0) is 23.4. The van der Waals surface area contributed by atoms with Gasteiger partial charge in [-0.2, -0.15) is 0 Å². The molecule has 0 amide bonds. The molecule has 2 aliphatic rings. The Kier molecular flexibility index (Phi) is 5.51. The number of hydrogen-bond acceptors (Lipinski definition) is 4. The summed E-state index contributed by atoms with van der Waals surface area (Å²) in [5.74, 6) is 0. The van der Waals surface area contributed by atoms with E-state index in [1.165, 1.54) is 55.9 Å². The van der Waals surface area contributed by atoms with E-state index < -0.39 is 0 Å². The lowest BCUT2D eigenvalue weighted by atomic mass is 9.96. The van der Waals surface area contributed by atoms with Gasteiger partial charge < -0.3 is 0 Å². The van der Waals surface area contributed by atoms with Gasteiger partial charge >= 0.3 is 0 Å². The molecule has 0 saturated carbocycles. The van der Waals surface area contributed by atoms with Crippen molar-refractivity contribution in [2.75, 3.05) is 0 Å². The Hall–Kier alpha value is -2.50. The second-order valence-electron chi connectivity index (χ2n) is 8.55. The molecule has 7 rings (SSSR count). The molecule has 4 heteroatoms. The van der Waals surface area contributed by atoms with Gasteiger partial charge in [0, 0.05) is 39.2 Å². The van der Waals surface area contributed by atoms with E-state index >= 15 is 0 Å². The van der Waals surface area contributed by atoms with Crippen molar-refractivity contribution in [2.24, 2.45) is 0 Å². The van der Waals surface area contributed by atoms with Crippen molar-refractivity contribution in [3.05, 3.63) is 109 Å². The summed E-state index contributed by atoms with van der Waals surface area (Å²) in [5, 5.41) is 0. The predicted octanol–water partition coefficient (Wildman–Crippen LogP) is 10.4. The molecule has 0 aliphatic carbocycles. The molecule has 0 aromatic heterocycles. The molecular weight excluding hydrogens is 501 g/mol. The molecule has 5 aromatic carbocycles. The van der Waals surface area contributed by atoms with E-state index in [1.54, 1.807) is 0 Å². The van der Waals surface area contributed by atoms with Gasteiger partial charge in [-0.25, -0.2) is 0 Å². The zero-order valence-electron chi connectivity index (χ0n) is 18.9. The fourth-order valence-electron chi connectivity index (χ4n) is 4.53. The van der Waals surface area contributed by atoms with Gasteiger partial charge in [0.15, 0.2) is 0 Å². The molecule has 0 saturated heterocycles. The van der Waals surface area contributed by atoms with Crippen molar-refractivity contribution < 1.29 is 0 Å². The topological polar surface area (TPSA) is 0 Å². The van der Waals surface area contributed by atoms with Crippen LogP contribution in [0.1, 0.15) is 5.56 Å². The first kappa shape index (κ1) is 21.8. The van der Waals surface area contributed by atoms with Crippen LogP contribution in [0.25, 0.3) is 22.3 Å². The minimum Gasteiger partial charge on any atom is -0.0877 e. The first-order chi connectivity index (χ1) is 17.2. The maximum absolute atomic E-state index is 3.82. The summed E-state index contributed by atoms with van der Waals surface area (Å²) in [6, 6.07) is 39.1. The largest absolute Gasteiger partial charge is 0.0877 e. The van der Waals surface area contributed by atoms with Crippen LogP contribution in [0.5, 0.6) is 0 Å². The van der Waals surface area contributed by atoms with Crippen molar-refractivity contribution >= 4 is 47.0 Å². The van der Waals surface area contributed by atoms with E-state index in [2.05, 4.69) is 110 Å². The number of benzene rings is 5. The maximum atomic E-state index is 3.82. The highest BCUT2D eigenvalue weighted by atomic mass is 32.2. The highest BCUT2D eigenvalue weighted by molar-refractivity contribution is 8.05. The van der Waals surface area contributed by atoms with Gasteiger partial charge in [-0.05, 0) is 77.2 Å². The van der Waals surface area contributed by atoms with Crippen LogP contribution in [0, 0.1) is 13.0 Å². The summed E-state index contributed by atoms with van der Waals surface area (Å²) in [6.07, 6.45) is 0. The molecule has 0 N–H and O–H groups in total. The van der Waals surface area contributed by atoms with E-state index in [1.807, 2.05) is 47.0 Å². The molecule has 0 fully saturated rings. The lowest BCUT2D eigenvalue weighted by Crippen LogP contribution is -1.95. The van der Waals surface area contributed by atoms with Crippen LogP contribution in [-0.2, 0) is 0 Å². The minimum atomic E-state index is 1.16. The minimum absolute atomic E-state index is 1.16. The Morgan fingerprint density at radius 3 is 1.31 bits per heavy atom. The van der Waals surface area contributed by atoms with Crippen LogP contribution in [-0.4, -0.2) is 0 Å². The van der Waals surface area contributed by atoms with Crippen LogP contribution >= 0.6 is 47.0 Å². The molecule has 0 atom stereocenters. The third-order valence-electron chi connectivity index (χ3n) is 6.11. The van der Waals surface area contributed by atoms with Gasteiger partial charge in [-0.3, -0.25) is 0 Å². The Bertz CT molecular complexity index is 1500. The summed E-state index contributed by atoms with van der Waals surface area (Å²) in [4.78, 5) is 10.6. The molecule has 0 bridgehead atoms. The highest BCUT2D eigenvalue weighted by Gasteiger charge is 2.23. The van der Waals surface area contributed by atoms with Crippen LogP contribution in [0.3, 0.4) is 0 Å². The monoisotopic (exact) mass is 519 g/mol. The van der Waals surface area contributed by atoms with E-state index in [4.69, 9.17) is 0 Å². The summed E-state index contributed by atoms with van der Waals surface area (Å²) in [7, 11) is 0. The molecular formula is C31H19S4. The quantitative estimate of drug-likeness (QED) is 0.223. The summed E-state index contributed by atoms with van der Waals surface area (Å²) < 4.78 is 0. The van der Waals surface area contributed by atoms with Gasteiger partial charge in [-0.15, -0.1) is 0 Å². The number of aryl methyl sites for hydroxylation is 1. The number of hydrogen-bond donors (Lipinski definition) is 0. The Morgan fingerprint density at radius 2 is 0.857 bits per heavy atom. The Balaban J connectivity index is 1.34. The van der Waals surface area contributed by atoms with Gasteiger partial charge in [0.2, 0.25) is 0 Å².